The van der Waals surface area contributed by atoms with Gasteiger partial charge in [0.05, 0.1) is 6.33 Å². The summed E-state index contributed by atoms with van der Waals surface area (Å²) in [5, 5.41) is 15.2. The Hall–Kier alpha value is -3.44. The molecule has 2 aromatic heterocycles. The Labute approximate surface area is 200 Å². The first-order valence-corrected chi connectivity index (χ1v) is 11.8. The summed E-state index contributed by atoms with van der Waals surface area (Å²) in [6, 6.07) is 12.8. The van der Waals surface area contributed by atoms with E-state index in [1.54, 1.807) is 19.2 Å². The molecule has 0 bridgehead atoms. The van der Waals surface area contributed by atoms with Crippen LogP contribution in [0.1, 0.15) is 13.2 Å². The Morgan fingerprint density at radius 1 is 1.29 bits per heavy atom. The van der Waals surface area contributed by atoms with Crippen molar-refractivity contribution in [3.05, 3.63) is 48.8 Å². The third kappa shape index (κ3) is 4.14. The average Bonchev–Trinajstić information content (AvgIpc) is 3.35. The van der Waals surface area contributed by atoms with Crippen LogP contribution in [-0.2, 0) is 13.8 Å². The predicted octanol–water partition coefficient (Wildman–Crippen LogP) is 3.34. The lowest BCUT2D eigenvalue weighted by Gasteiger charge is -2.24. The highest BCUT2D eigenvalue weighted by Gasteiger charge is 2.56. The molecular formula is C22H23FN6O5P+. The van der Waals surface area contributed by atoms with Crippen molar-refractivity contribution in [3.8, 4) is 5.75 Å². The molecule has 2 aromatic carbocycles. The van der Waals surface area contributed by atoms with Gasteiger partial charge in [0.25, 0.3) is 0 Å². The Bertz CT molecular complexity index is 1410. The van der Waals surface area contributed by atoms with Crippen LogP contribution in [0.5, 0.6) is 5.75 Å². The van der Waals surface area contributed by atoms with E-state index in [1.165, 1.54) is 17.8 Å². The van der Waals surface area contributed by atoms with Crippen molar-refractivity contribution in [2.24, 2.45) is 0 Å². The van der Waals surface area contributed by atoms with Gasteiger partial charge >= 0.3 is 8.25 Å². The Morgan fingerprint density at radius 3 is 2.86 bits per heavy atom. The van der Waals surface area contributed by atoms with E-state index in [0.717, 1.165) is 10.8 Å². The third-order valence-corrected chi connectivity index (χ3v) is 6.62. The summed E-state index contributed by atoms with van der Waals surface area (Å²) in [5.74, 6) is 0.714. The summed E-state index contributed by atoms with van der Waals surface area (Å²) in [6.07, 6.45) is -2.69. The number of hydrogen-bond donors (Lipinski definition) is 3. The quantitative estimate of drug-likeness (QED) is 0.322. The number of alkyl halides is 1. The number of ether oxygens (including phenoxy) is 1. The van der Waals surface area contributed by atoms with Gasteiger partial charge in [-0.15, -0.1) is 4.52 Å². The number of aliphatic hydroxyl groups is 1. The van der Waals surface area contributed by atoms with Crippen molar-refractivity contribution in [3.63, 3.8) is 0 Å². The minimum Gasteiger partial charge on any atom is -0.387 e. The van der Waals surface area contributed by atoms with Gasteiger partial charge in [0.1, 0.15) is 18.8 Å². The van der Waals surface area contributed by atoms with Crippen molar-refractivity contribution in [1.82, 2.24) is 19.5 Å². The van der Waals surface area contributed by atoms with Gasteiger partial charge in [-0.2, -0.15) is 9.97 Å². The zero-order valence-electron chi connectivity index (χ0n) is 18.8. The van der Waals surface area contributed by atoms with E-state index in [4.69, 9.17) is 19.5 Å². The fourth-order valence-corrected chi connectivity index (χ4v) is 4.79. The summed E-state index contributed by atoms with van der Waals surface area (Å²) in [6.45, 7) is 0.826. The molecule has 0 saturated carbocycles. The van der Waals surface area contributed by atoms with Crippen LogP contribution >= 0.6 is 8.25 Å². The molecule has 5 rings (SSSR count). The molecule has 0 spiro atoms. The zero-order chi connectivity index (χ0) is 24.7. The van der Waals surface area contributed by atoms with E-state index in [9.17, 15) is 9.67 Å². The Kier molecular flexibility index (Phi) is 5.97. The number of benzene rings is 2. The topological polar surface area (TPSA) is 147 Å². The molecule has 3 heterocycles. The number of nitrogens with zero attached hydrogens (tertiary/aromatic N) is 4. The second-order valence-corrected chi connectivity index (χ2v) is 9.10. The third-order valence-electron chi connectivity index (χ3n) is 5.91. The highest BCUT2D eigenvalue weighted by Crippen LogP contribution is 2.44. The van der Waals surface area contributed by atoms with Crippen LogP contribution in [0, 0.1) is 0 Å². The van der Waals surface area contributed by atoms with Crippen molar-refractivity contribution in [2.75, 3.05) is 24.7 Å². The van der Waals surface area contributed by atoms with Crippen LogP contribution in [0.4, 0.5) is 16.2 Å². The van der Waals surface area contributed by atoms with Crippen LogP contribution < -0.4 is 15.6 Å². The van der Waals surface area contributed by atoms with Crippen molar-refractivity contribution < 1.29 is 27.8 Å². The number of rotatable bonds is 7. The molecular weight excluding hydrogens is 478 g/mol. The standard InChI is InChI=1S/C22H23FN6O5P/c1-22(23)17(30)15(10-32-35(31)34-14-9-5-7-12-6-3-4-8-13(12)14)33-20(22)29-11-26-16-18(25-2)27-21(24)28-19(16)29/h3-9,11,15,17,20,30H,10H2,1-2H3,(H3,24,25,27,28)/q+1/t15-,17-,20-,22-/m1/s1. The largest absolute Gasteiger partial charge is 0.750 e. The Morgan fingerprint density at radius 2 is 2.06 bits per heavy atom. The second kappa shape index (κ2) is 8.97. The number of nitrogens with two attached hydrogens (primary N) is 1. The molecule has 13 heteroatoms. The monoisotopic (exact) mass is 501 g/mol. The minimum atomic E-state index is -2.62. The van der Waals surface area contributed by atoms with Crippen molar-refractivity contribution >= 4 is 42.0 Å². The lowest BCUT2D eigenvalue weighted by atomic mass is 9.98. The van der Waals surface area contributed by atoms with E-state index in [2.05, 4.69) is 20.3 Å². The van der Waals surface area contributed by atoms with Gasteiger partial charge in [-0.05, 0) is 18.4 Å². The Balaban J connectivity index is 1.32. The molecule has 4 N–H and O–H groups in total. The lowest BCUT2D eigenvalue weighted by molar-refractivity contribution is -0.0539. The number of nitrogens with one attached hydrogen (secondary N) is 1. The van der Waals surface area contributed by atoms with Gasteiger partial charge < -0.3 is 20.9 Å². The fourth-order valence-electron chi connectivity index (χ4n) is 4.15. The summed E-state index contributed by atoms with van der Waals surface area (Å²) in [5.41, 5.74) is 4.12. The maximum absolute atomic E-state index is 15.7. The maximum Gasteiger partial charge on any atom is 0.750 e. The molecule has 1 aliphatic rings. The smallest absolute Gasteiger partial charge is 0.387 e. The maximum atomic E-state index is 15.7. The predicted molar refractivity (Wildman–Crippen MR) is 127 cm³/mol. The normalized spacial score (nSPS) is 24.7. The number of fused-ring (bicyclic) bond motifs is 2. The molecule has 0 radical (unpaired) electrons. The second-order valence-electron chi connectivity index (χ2n) is 8.22. The molecule has 5 atom stereocenters. The molecule has 1 aliphatic heterocycles. The van der Waals surface area contributed by atoms with Gasteiger partial charge in [0, 0.05) is 17.0 Å². The van der Waals surface area contributed by atoms with Crippen LogP contribution in [-0.4, -0.2) is 56.2 Å². The number of anilines is 2. The van der Waals surface area contributed by atoms with E-state index < -0.39 is 32.4 Å². The molecule has 4 aromatic rings. The van der Waals surface area contributed by atoms with Crippen molar-refractivity contribution in [2.45, 2.75) is 31.0 Å². The molecule has 0 aliphatic carbocycles. The van der Waals surface area contributed by atoms with E-state index in [0.29, 0.717) is 17.1 Å². The molecule has 1 unspecified atom stereocenters. The summed E-state index contributed by atoms with van der Waals surface area (Å²) >= 11 is 0. The van der Waals surface area contributed by atoms with Crippen molar-refractivity contribution in [1.29, 1.82) is 0 Å². The highest BCUT2D eigenvalue weighted by atomic mass is 31.1. The van der Waals surface area contributed by atoms with E-state index >= 15 is 4.39 Å². The molecule has 182 valence electrons. The van der Waals surface area contributed by atoms with Crippen LogP contribution in [0.25, 0.3) is 21.9 Å². The summed E-state index contributed by atoms with van der Waals surface area (Å²) in [7, 11) is -0.980. The summed E-state index contributed by atoms with van der Waals surface area (Å²) < 4.78 is 46.1. The molecule has 11 nitrogen and oxygen atoms in total. The van der Waals surface area contributed by atoms with Gasteiger partial charge in [-0.25, -0.2) is 13.9 Å². The first-order valence-electron chi connectivity index (χ1n) is 10.8. The number of aliphatic hydroxyl groups excluding tert-OH is 1. The molecule has 0 amide bonds. The highest BCUT2D eigenvalue weighted by molar-refractivity contribution is 7.33. The number of aromatic nitrogens is 4. The fraction of sp³-hybridized carbons (Fsp3) is 0.318. The van der Waals surface area contributed by atoms with Gasteiger partial charge in [-0.1, -0.05) is 36.4 Å². The SMILES string of the molecule is CNc1nc(N)nc2c1ncn2[C@@H]1O[C@H](CO[P+](=O)Oc2cccc3ccccc23)[C@@H](O)[C@@]1(C)F. The van der Waals surface area contributed by atoms with Crippen LogP contribution in [0.3, 0.4) is 0 Å². The van der Waals surface area contributed by atoms with Gasteiger partial charge in [-0.3, -0.25) is 4.57 Å². The number of nitrogen functional groups attached to an aromatic ring is 1. The van der Waals surface area contributed by atoms with Crippen LogP contribution in [0.15, 0.2) is 48.8 Å². The molecule has 1 saturated heterocycles. The summed E-state index contributed by atoms with van der Waals surface area (Å²) in [4.78, 5) is 12.4. The zero-order valence-corrected chi connectivity index (χ0v) is 19.7. The first-order chi connectivity index (χ1) is 16.8. The molecule has 1 fully saturated rings. The minimum absolute atomic E-state index is 0.0369. The van der Waals surface area contributed by atoms with Gasteiger partial charge in [0.15, 0.2) is 34.6 Å². The van der Waals surface area contributed by atoms with E-state index in [1.807, 2.05) is 30.3 Å². The lowest BCUT2D eigenvalue weighted by Crippen LogP contribution is -2.40. The van der Waals surface area contributed by atoms with Gasteiger partial charge in [0.2, 0.25) is 5.95 Å². The number of hydrogen-bond acceptors (Lipinski definition) is 10. The first kappa shape index (κ1) is 23.3. The number of halogens is 1. The molecule has 35 heavy (non-hydrogen) atoms. The average molecular weight is 501 g/mol. The van der Waals surface area contributed by atoms with Crippen LogP contribution in [0.2, 0.25) is 0 Å². The number of imidazole rings is 1. The van der Waals surface area contributed by atoms with E-state index in [-0.39, 0.29) is 18.2 Å².